The van der Waals surface area contributed by atoms with E-state index in [1.54, 1.807) is 18.1 Å². The maximum atomic E-state index is 11.5. The first-order valence-corrected chi connectivity index (χ1v) is 5.59. The Hall–Kier alpha value is -1.37. The number of carbonyl (C=O) groups excluding carboxylic acids is 1. The fourth-order valence-corrected chi connectivity index (χ4v) is 1.31. The summed E-state index contributed by atoms with van der Waals surface area (Å²) < 4.78 is 0.675. The molecule has 1 rings (SSSR count). The maximum absolute atomic E-state index is 11.5. The molecule has 0 radical (unpaired) electrons. The van der Waals surface area contributed by atoms with E-state index in [0.717, 1.165) is 0 Å². The van der Waals surface area contributed by atoms with E-state index in [1.807, 2.05) is 6.92 Å². The Balaban J connectivity index is 2.61. The molecule has 6 nitrogen and oxygen atoms in total. The Labute approximate surface area is 102 Å². The van der Waals surface area contributed by atoms with Gasteiger partial charge in [0.25, 0.3) is 0 Å². The molecule has 1 aromatic rings. The molecule has 7 heteroatoms. The van der Waals surface area contributed by atoms with E-state index in [4.69, 9.17) is 5.73 Å². The van der Waals surface area contributed by atoms with Gasteiger partial charge in [-0.25, -0.2) is 4.98 Å². The fraction of sp³-hybridized carbons (Fsp3) is 0.444. The van der Waals surface area contributed by atoms with Gasteiger partial charge >= 0.3 is 0 Å². The van der Waals surface area contributed by atoms with Crippen LogP contribution in [0.25, 0.3) is 0 Å². The number of nitrogen functional groups attached to an aromatic ring is 1. The number of rotatable bonds is 4. The van der Waals surface area contributed by atoms with Gasteiger partial charge in [0, 0.05) is 19.8 Å². The fourth-order valence-electron chi connectivity index (χ4n) is 0.975. The first-order chi connectivity index (χ1) is 7.54. The third-order valence-corrected chi connectivity index (χ3v) is 2.65. The number of hydrogen-bond donors (Lipinski definition) is 2. The average Bonchev–Trinajstić information content (AvgIpc) is 2.28. The number of halogens is 1. The van der Waals surface area contributed by atoms with Gasteiger partial charge in [-0.2, -0.15) is 4.98 Å². The minimum Gasteiger partial charge on any atom is -0.368 e. The molecule has 3 N–H and O–H groups in total. The number of nitrogens with zero attached hydrogens (tertiary/aromatic N) is 3. The highest BCUT2D eigenvalue weighted by Gasteiger charge is 2.08. The van der Waals surface area contributed by atoms with E-state index in [1.165, 1.54) is 0 Å². The normalized spacial score (nSPS) is 9.94. The topological polar surface area (TPSA) is 84.1 Å². The lowest BCUT2D eigenvalue weighted by atomic mass is 10.4. The summed E-state index contributed by atoms with van der Waals surface area (Å²) in [5.41, 5.74) is 5.44. The first-order valence-electron chi connectivity index (χ1n) is 4.80. The molecule has 0 aromatic carbocycles. The molecule has 0 saturated heterocycles. The SMILES string of the molecule is CCN(C)C(=O)CNc1nc(N)ncc1Br. The van der Waals surface area contributed by atoms with Crippen molar-refractivity contribution in [1.29, 1.82) is 0 Å². The molecule has 0 fully saturated rings. The van der Waals surface area contributed by atoms with E-state index in [9.17, 15) is 4.79 Å². The lowest BCUT2D eigenvalue weighted by Crippen LogP contribution is -2.32. The summed E-state index contributed by atoms with van der Waals surface area (Å²) in [6, 6.07) is 0. The Morgan fingerprint density at radius 3 is 3.00 bits per heavy atom. The molecule has 0 spiro atoms. The van der Waals surface area contributed by atoms with E-state index in [-0.39, 0.29) is 18.4 Å². The zero-order chi connectivity index (χ0) is 12.1. The van der Waals surface area contributed by atoms with Gasteiger partial charge in [-0.1, -0.05) is 0 Å². The molecule has 16 heavy (non-hydrogen) atoms. The third kappa shape index (κ3) is 3.34. The van der Waals surface area contributed by atoms with Crippen LogP contribution in [0, 0.1) is 0 Å². The smallest absolute Gasteiger partial charge is 0.241 e. The predicted molar refractivity (Wildman–Crippen MR) is 65.9 cm³/mol. The van der Waals surface area contributed by atoms with Crippen LogP contribution < -0.4 is 11.1 Å². The summed E-state index contributed by atoms with van der Waals surface area (Å²) in [5.74, 6) is 0.680. The molecule has 0 bridgehead atoms. The number of nitrogens with one attached hydrogen (secondary N) is 1. The molecular weight excluding hydrogens is 274 g/mol. The average molecular weight is 288 g/mol. The Morgan fingerprint density at radius 1 is 1.69 bits per heavy atom. The highest BCUT2D eigenvalue weighted by atomic mass is 79.9. The van der Waals surface area contributed by atoms with E-state index < -0.39 is 0 Å². The van der Waals surface area contributed by atoms with Crippen molar-refractivity contribution < 1.29 is 4.79 Å². The molecule has 0 aliphatic carbocycles. The van der Waals surface area contributed by atoms with Crippen LogP contribution in [0.1, 0.15) is 6.92 Å². The third-order valence-electron chi connectivity index (χ3n) is 2.07. The standard InChI is InChI=1S/C9H14BrN5O/c1-3-15(2)7(16)5-12-8-6(10)4-13-9(11)14-8/h4H,3,5H2,1-2H3,(H3,11,12,13,14). The largest absolute Gasteiger partial charge is 0.368 e. The molecule has 88 valence electrons. The van der Waals surface area contributed by atoms with Crippen molar-refractivity contribution in [2.75, 3.05) is 31.2 Å². The molecule has 0 aliphatic heterocycles. The molecule has 0 aliphatic rings. The van der Waals surface area contributed by atoms with Gasteiger partial charge in [-0.3, -0.25) is 4.79 Å². The highest BCUT2D eigenvalue weighted by Crippen LogP contribution is 2.18. The second-order valence-electron chi connectivity index (χ2n) is 3.19. The molecule has 1 aromatic heterocycles. The van der Waals surface area contributed by atoms with Gasteiger partial charge in [0.2, 0.25) is 11.9 Å². The van der Waals surface area contributed by atoms with Crippen molar-refractivity contribution in [3.63, 3.8) is 0 Å². The van der Waals surface area contributed by atoms with Crippen molar-refractivity contribution >= 4 is 33.6 Å². The molecule has 1 amide bonds. The Morgan fingerprint density at radius 2 is 2.38 bits per heavy atom. The van der Waals surface area contributed by atoms with Gasteiger partial charge in [-0.05, 0) is 22.9 Å². The summed E-state index contributed by atoms with van der Waals surface area (Å²) in [6.45, 7) is 2.77. The van der Waals surface area contributed by atoms with Crippen LogP contribution >= 0.6 is 15.9 Å². The molecule has 1 heterocycles. The van der Waals surface area contributed by atoms with E-state index in [0.29, 0.717) is 16.8 Å². The minimum absolute atomic E-state index is 0.00779. The number of nitrogens with two attached hydrogens (primary N) is 1. The zero-order valence-electron chi connectivity index (χ0n) is 9.20. The van der Waals surface area contributed by atoms with Crippen LogP contribution in [-0.4, -0.2) is 40.9 Å². The van der Waals surface area contributed by atoms with Crippen LogP contribution in [0.2, 0.25) is 0 Å². The number of hydrogen-bond acceptors (Lipinski definition) is 5. The number of anilines is 2. The quantitative estimate of drug-likeness (QED) is 0.852. The number of likely N-dealkylation sites (N-methyl/N-ethyl adjacent to an activating group) is 1. The van der Waals surface area contributed by atoms with Crippen LogP contribution in [0.3, 0.4) is 0 Å². The molecular formula is C9H14BrN5O. The number of carbonyl (C=O) groups is 1. The van der Waals surface area contributed by atoms with Crippen LogP contribution in [-0.2, 0) is 4.79 Å². The Bertz CT molecular complexity index is 384. The van der Waals surface area contributed by atoms with Crippen molar-refractivity contribution in [3.8, 4) is 0 Å². The Kier molecular flexibility index (Phi) is 4.48. The monoisotopic (exact) mass is 287 g/mol. The zero-order valence-corrected chi connectivity index (χ0v) is 10.8. The predicted octanol–water partition coefficient (Wildman–Crippen LogP) is 0.712. The summed E-state index contributed by atoms with van der Waals surface area (Å²) in [7, 11) is 1.74. The number of aromatic nitrogens is 2. The van der Waals surface area contributed by atoms with Crippen molar-refractivity contribution in [2.24, 2.45) is 0 Å². The van der Waals surface area contributed by atoms with Gasteiger partial charge in [0.05, 0.1) is 11.0 Å². The van der Waals surface area contributed by atoms with Crippen LogP contribution in [0.5, 0.6) is 0 Å². The summed E-state index contributed by atoms with van der Waals surface area (Å²) >= 11 is 3.27. The van der Waals surface area contributed by atoms with Gasteiger partial charge in [-0.15, -0.1) is 0 Å². The summed E-state index contributed by atoms with van der Waals surface area (Å²) in [5, 5.41) is 2.90. The van der Waals surface area contributed by atoms with Gasteiger partial charge in [0.15, 0.2) is 0 Å². The van der Waals surface area contributed by atoms with Crippen molar-refractivity contribution in [1.82, 2.24) is 14.9 Å². The first kappa shape index (κ1) is 12.7. The second kappa shape index (κ2) is 5.64. The summed E-state index contributed by atoms with van der Waals surface area (Å²) in [4.78, 5) is 20.9. The second-order valence-corrected chi connectivity index (χ2v) is 4.04. The van der Waals surface area contributed by atoms with Crippen LogP contribution in [0.4, 0.5) is 11.8 Å². The lowest BCUT2D eigenvalue weighted by molar-refractivity contribution is -0.127. The molecule has 0 unspecified atom stereocenters. The minimum atomic E-state index is -0.00779. The van der Waals surface area contributed by atoms with Gasteiger partial charge < -0.3 is 16.0 Å². The van der Waals surface area contributed by atoms with Crippen LogP contribution in [0.15, 0.2) is 10.7 Å². The molecule has 0 saturated carbocycles. The maximum Gasteiger partial charge on any atom is 0.241 e. The van der Waals surface area contributed by atoms with Gasteiger partial charge in [0.1, 0.15) is 5.82 Å². The van der Waals surface area contributed by atoms with Crippen molar-refractivity contribution in [3.05, 3.63) is 10.7 Å². The highest BCUT2D eigenvalue weighted by molar-refractivity contribution is 9.10. The molecule has 0 atom stereocenters. The number of amides is 1. The lowest BCUT2D eigenvalue weighted by Gasteiger charge is -2.15. The van der Waals surface area contributed by atoms with E-state index in [2.05, 4.69) is 31.2 Å². The van der Waals surface area contributed by atoms with E-state index >= 15 is 0 Å². The van der Waals surface area contributed by atoms with Crippen molar-refractivity contribution in [2.45, 2.75) is 6.92 Å². The summed E-state index contributed by atoms with van der Waals surface area (Å²) in [6.07, 6.45) is 1.54.